The van der Waals surface area contributed by atoms with E-state index >= 15 is 0 Å². The van der Waals surface area contributed by atoms with Crippen LogP contribution in [0.25, 0.3) is 16.3 Å². The molecule has 0 unspecified atom stereocenters. The third-order valence-corrected chi connectivity index (χ3v) is 10.9. The molecule has 0 amide bonds. The third kappa shape index (κ3) is 4.73. The molecule has 39 heavy (non-hydrogen) atoms. The second-order valence-electron chi connectivity index (χ2n) is 11.5. The number of aromatic nitrogens is 4. The summed E-state index contributed by atoms with van der Waals surface area (Å²) in [6.45, 7) is 7.91. The number of hydrogen-bond donors (Lipinski definition) is 2. The normalized spacial score (nSPS) is 28.4. The zero-order valence-corrected chi connectivity index (χ0v) is 24.0. The van der Waals surface area contributed by atoms with Gasteiger partial charge in [0.25, 0.3) is 6.43 Å². The number of halogens is 2. The van der Waals surface area contributed by atoms with E-state index in [-0.39, 0.29) is 22.9 Å². The largest absolute Gasteiger partial charge is 0.384 e. The van der Waals surface area contributed by atoms with E-state index in [1.807, 2.05) is 6.92 Å². The van der Waals surface area contributed by atoms with Gasteiger partial charge in [0, 0.05) is 49.9 Å². The smallest absolute Gasteiger partial charge is 0.250 e. The number of ether oxygens (including phenoxy) is 1. The molecule has 2 N–H and O–H groups in total. The minimum atomic E-state index is -3.91. The van der Waals surface area contributed by atoms with Crippen LogP contribution >= 0.6 is 11.3 Å². The molecule has 6 rings (SSSR count). The van der Waals surface area contributed by atoms with Gasteiger partial charge in [-0.05, 0) is 46.1 Å². The Labute approximate surface area is 230 Å². The summed E-state index contributed by atoms with van der Waals surface area (Å²) in [6.07, 6.45) is 2.16. The predicted molar refractivity (Wildman–Crippen MR) is 144 cm³/mol. The van der Waals surface area contributed by atoms with Crippen LogP contribution in [-0.4, -0.2) is 78.9 Å². The number of nitrogens with zero attached hydrogens (tertiary/aromatic N) is 5. The van der Waals surface area contributed by atoms with Crippen LogP contribution in [-0.2, 0) is 20.2 Å². The van der Waals surface area contributed by atoms with E-state index in [2.05, 4.69) is 44.0 Å². The molecule has 0 spiro atoms. The average Bonchev–Trinajstić information content (AvgIpc) is 3.64. The van der Waals surface area contributed by atoms with Gasteiger partial charge >= 0.3 is 0 Å². The Kier molecular flexibility index (Phi) is 6.49. The van der Waals surface area contributed by atoms with Crippen molar-refractivity contribution < 1.29 is 21.9 Å². The van der Waals surface area contributed by atoms with Crippen molar-refractivity contribution >= 4 is 32.6 Å². The van der Waals surface area contributed by atoms with E-state index in [9.17, 15) is 17.2 Å². The SMILES string of the molecule is COC[C@@H]1C[C@]1(C)NS(=O)(=O)c1cc(N2C[C@H](C)N[C@@H](C)C2)c2cnc(-c3nnc(C4(C(F)F)CC4)s3)n2c1. The first kappa shape index (κ1) is 26.9. The predicted octanol–water partition coefficient (Wildman–Crippen LogP) is 3.04. The lowest BCUT2D eigenvalue weighted by atomic mass is 10.1. The summed E-state index contributed by atoms with van der Waals surface area (Å²) in [5, 5.41) is 12.5. The Bertz CT molecular complexity index is 1500. The molecule has 3 aliphatic rings. The van der Waals surface area contributed by atoms with Gasteiger partial charge < -0.3 is 15.0 Å². The highest BCUT2D eigenvalue weighted by molar-refractivity contribution is 7.89. The fraction of sp³-hybridized carbons (Fsp3) is 0.640. The summed E-state index contributed by atoms with van der Waals surface area (Å²) < 4.78 is 64.7. The molecule has 2 saturated carbocycles. The number of rotatable bonds is 9. The maximum atomic E-state index is 13.7. The molecule has 3 aromatic heterocycles. The van der Waals surface area contributed by atoms with Crippen molar-refractivity contribution in [2.75, 3.05) is 31.7 Å². The van der Waals surface area contributed by atoms with Crippen molar-refractivity contribution in [1.29, 1.82) is 0 Å². The summed E-state index contributed by atoms with van der Waals surface area (Å²) in [5.74, 6) is 0.479. The standard InChI is InChI=1S/C25H33F2N7O3S2/c1-14-10-33(11-15(2)29-14)18-7-17(39(35,36)32-24(3)8-16(24)13-37-4)12-34-19(18)9-28-20(34)21-30-31-23(38-21)25(5-6-25)22(26)27/h7,9,12,14-16,22,29,32H,5-6,8,10-11,13H2,1-4H3/t14-,15-,16-,24-/m0/s1. The third-order valence-electron chi connectivity index (χ3n) is 8.20. The van der Waals surface area contributed by atoms with E-state index in [0.29, 0.717) is 60.3 Å². The van der Waals surface area contributed by atoms with E-state index in [1.54, 1.807) is 23.8 Å². The second kappa shape index (κ2) is 9.40. The Morgan fingerprint density at radius 2 is 1.97 bits per heavy atom. The van der Waals surface area contributed by atoms with Crippen molar-refractivity contribution in [3.05, 3.63) is 23.5 Å². The Morgan fingerprint density at radius 3 is 2.62 bits per heavy atom. The first-order chi connectivity index (χ1) is 18.5. The number of alkyl halides is 2. The van der Waals surface area contributed by atoms with Crippen molar-refractivity contribution in [3.63, 3.8) is 0 Å². The number of hydrogen-bond acceptors (Lipinski definition) is 9. The average molecular weight is 582 g/mol. The van der Waals surface area contributed by atoms with Gasteiger partial charge in [0.15, 0.2) is 10.8 Å². The Balaban J connectivity index is 1.44. The first-order valence-corrected chi connectivity index (χ1v) is 15.4. The Morgan fingerprint density at radius 1 is 1.26 bits per heavy atom. The van der Waals surface area contributed by atoms with E-state index in [4.69, 9.17) is 4.74 Å². The second-order valence-corrected chi connectivity index (χ2v) is 14.2. The van der Waals surface area contributed by atoms with E-state index < -0.39 is 27.4 Å². The number of fused-ring (bicyclic) bond motifs is 1. The quantitative estimate of drug-likeness (QED) is 0.397. The monoisotopic (exact) mass is 581 g/mol. The zero-order chi connectivity index (χ0) is 27.7. The number of sulfonamides is 1. The molecule has 0 radical (unpaired) electrons. The molecule has 1 aliphatic heterocycles. The molecular formula is C25H33F2N7O3S2. The van der Waals surface area contributed by atoms with Crippen molar-refractivity contribution in [1.82, 2.24) is 29.6 Å². The molecule has 14 heteroatoms. The summed E-state index contributed by atoms with van der Waals surface area (Å²) in [7, 11) is -2.30. The maximum Gasteiger partial charge on any atom is 0.250 e. The summed E-state index contributed by atoms with van der Waals surface area (Å²) in [6, 6.07) is 2.10. The molecule has 4 heterocycles. The summed E-state index contributed by atoms with van der Waals surface area (Å²) >= 11 is 1.10. The van der Waals surface area contributed by atoms with Crippen LogP contribution < -0.4 is 14.9 Å². The van der Waals surface area contributed by atoms with Gasteiger partial charge in [-0.3, -0.25) is 4.40 Å². The van der Waals surface area contributed by atoms with Gasteiger partial charge in [0.2, 0.25) is 10.0 Å². The lowest BCUT2D eigenvalue weighted by Gasteiger charge is -2.38. The molecule has 10 nitrogen and oxygen atoms in total. The van der Waals surface area contributed by atoms with Gasteiger partial charge in [0.1, 0.15) is 9.90 Å². The number of anilines is 1. The van der Waals surface area contributed by atoms with Gasteiger partial charge in [-0.25, -0.2) is 26.9 Å². The molecule has 0 bridgehead atoms. The summed E-state index contributed by atoms with van der Waals surface area (Å²) in [4.78, 5) is 6.84. The van der Waals surface area contributed by atoms with Gasteiger partial charge in [-0.15, -0.1) is 10.2 Å². The number of imidazole rings is 1. The minimum absolute atomic E-state index is 0.100. The van der Waals surface area contributed by atoms with Gasteiger partial charge in [-0.2, -0.15) is 0 Å². The van der Waals surface area contributed by atoms with Gasteiger partial charge in [-0.1, -0.05) is 11.3 Å². The maximum absolute atomic E-state index is 13.7. The van der Waals surface area contributed by atoms with Crippen molar-refractivity contribution in [3.8, 4) is 10.8 Å². The fourth-order valence-corrected chi connectivity index (χ4v) is 8.28. The van der Waals surface area contributed by atoms with Gasteiger partial charge in [0.05, 0.1) is 29.4 Å². The molecule has 1 saturated heterocycles. The molecule has 2 aliphatic carbocycles. The number of piperazine rings is 1. The van der Waals surface area contributed by atoms with Crippen LogP contribution in [0.3, 0.4) is 0 Å². The van der Waals surface area contributed by atoms with Crippen LogP contribution in [0.15, 0.2) is 23.4 Å². The highest BCUT2D eigenvalue weighted by Gasteiger charge is 2.55. The summed E-state index contributed by atoms with van der Waals surface area (Å²) in [5.41, 5.74) is -0.353. The lowest BCUT2D eigenvalue weighted by Crippen LogP contribution is -2.54. The van der Waals surface area contributed by atoms with Crippen LogP contribution in [0.5, 0.6) is 0 Å². The number of methoxy groups -OCH3 is 1. The number of pyridine rings is 1. The van der Waals surface area contributed by atoms with Crippen LogP contribution in [0, 0.1) is 5.92 Å². The molecule has 3 aromatic rings. The highest BCUT2D eigenvalue weighted by atomic mass is 32.2. The van der Waals surface area contributed by atoms with E-state index in [1.165, 1.54) is 6.20 Å². The lowest BCUT2D eigenvalue weighted by molar-refractivity contribution is 0.101. The first-order valence-electron chi connectivity index (χ1n) is 13.1. The molecule has 212 valence electrons. The molecule has 4 atom stereocenters. The van der Waals surface area contributed by atoms with Crippen LogP contribution in [0.1, 0.15) is 45.0 Å². The number of nitrogens with one attached hydrogen (secondary N) is 2. The highest BCUT2D eigenvalue weighted by Crippen LogP contribution is 2.54. The van der Waals surface area contributed by atoms with Crippen molar-refractivity contribution in [2.45, 2.75) is 74.4 Å². The minimum Gasteiger partial charge on any atom is -0.384 e. The molecular weight excluding hydrogens is 548 g/mol. The van der Waals surface area contributed by atoms with Crippen LogP contribution in [0.4, 0.5) is 14.5 Å². The van der Waals surface area contributed by atoms with Crippen molar-refractivity contribution in [2.24, 2.45) is 5.92 Å². The zero-order valence-electron chi connectivity index (χ0n) is 22.3. The molecule has 0 aromatic carbocycles. The van der Waals surface area contributed by atoms with Crippen LogP contribution in [0.2, 0.25) is 0 Å². The molecule has 3 fully saturated rings. The fourth-order valence-electron chi connectivity index (χ4n) is 5.70. The topological polar surface area (TPSA) is 114 Å². The van der Waals surface area contributed by atoms with E-state index in [0.717, 1.165) is 17.0 Å². The Hall–Kier alpha value is -2.26.